The molecule has 0 saturated carbocycles. The molecule has 0 N–H and O–H groups in total. The number of hydrogen-bond donors (Lipinski definition) is 0. The first-order chi connectivity index (χ1) is 6.79. The van der Waals surface area contributed by atoms with Crippen LogP contribution in [0.15, 0.2) is 23.2 Å². The molecule has 0 fully saturated rings. The predicted octanol–water partition coefficient (Wildman–Crippen LogP) is 2.27. The van der Waals surface area contributed by atoms with Gasteiger partial charge < -0.3 is 0 Å². The summed E-state index contributed by atoms with van der Waals surface area (Å²) in [7, 11) is 0. The maximum atomic E-state index is 4.26. The molecule has 1 aromatic rings. The Morgan fingerprint density at radius 1 is 1.57 bits per heavy atom. The van der Waals surface area contributed by atoms with Gasteiger partial charge in [-0.05, 0) is 36.8 Å². The van der Waals surface area contributed by atoms with Crippen LogP contribution in [0.25, 0.3) is 0 Å². The zero-order chi connectivity index (χ0) is 9.97. The second-order valence-electron chi connectivity index (χ2n) is 3.40. The molecule has 0 atom stereocenters. The Morgan fingerprint density at radius 2 is 2.43 bits per heavy atom. The molecule has 0 radical (unpaired) electrons. The van der Waals surface area contributed by atoms with E-state index in [1.54, 1.807) is 0 Å². The summed E-state index contributed by atoms with van der Waals surface area (Å²) in [5, 5.41) is 4.26. The normalized spacial score (nSPS) is 18.3. The summed E-state index contributed by atoms with van der Waals surface area (Å²) in [5.74, 6) is 0. The predicted molar refractivity (Wildman–Crippen MR) is 59.7 cm³/mol. The Morgan fingerprint density at radius 3 is 3.21 bits per heavy atom. The molecule has 3 nitrogen and oxygen atoms in total. The van der Waals surface area contributed by atoms with E-state index in [4.69, 9.17) is 0 Å². The molecule has 2 rings (SSSR count). The lowest BCUT2D eigenvalue weighted by Gasteiger charge is -2.26. The molecule has 14 heavy (non-hydrogen) atoms. The molecule has 0 spiro atoms. The number of nitrogens with zero attached hydrogens (tertiary/aromatic N) is 3. The lowest BCUT2D eigenvalue weighted by molar-refractivity contribution is 0.357. The van der Waals surface area contributed by atoms with E-state index in [1.807, 2.05) is 18.1 Å². The Balaban J connectivity index is 2.01. The van der Waals surface area contributed by atoms with Crippen molar-refractivity contribution in [2.75, 3.05) is 6.54 Å². The van der Waals surface area contributed by atoms with Crippen LogP contribution in [0.4, 0.5) is 0 Å². The van der Waals surface area contributed by atoms with Gasteiger partial charge in [-0.15, -0.1) is 0 Å². The highest BCUT2D eigenvalue weighted by Gasteiger charge is 2.16. The fourth-order valence-corrected chi connectivity index (χ4v) is 2.38. The van der Waals surface area contributed by atoms with Crippen LogP contribution in [0.3, 0.4) is 0 Å². The van der Waals surface area contributed by atoms with Gasteiger partial charge in [-0.2, -0.15) is 5.10 Å². The summed E-state index contributed by atoms with van der Waals surface area (Å²) >= 11 is 1.84. The lowest BCUT2D eigenvalue weighted by atomic mass is 10.3. The second-order valence-corrected chi connectivity index (χ2v) is 4.74. The molecule has 4 heteroatoms. The third-order valence-electron chi connectivity index (χ3n) is 2.38. The van der Waals surface area contributed by atoms with Gasteiger partial charge in [0, 0.05) is 12.7 Å². The average molecular weight is 209 g/mol. The molecule has 0 unspecified atom stereocenters. The van der Waals surface area contributed by atoms with E-state index in [1.165, 1.54) is 10.6 Å². The summed E-state index contributed by atoms with van der Waals surface area (Å²) in [4.78, 5) is 1.36. The van der Waals surface area contributed by atoms with Crippen LogP contribution in [0, 0.1) is 0 Å². The van der Waals surface area contributed by atoms with Crippen molar-refractivity contribution in [2.24, 2.45) is 0 Å². The Bertz CT molecular complexity index is 343. The van der Waals surface area contributed by atoms with Crippen molar-refractivity contribution in [2.45, 2.75) is 26.9 Å². The van der Waals surface area contributed by atoms with E-state index in [-0.39, 0.29) is 0 Å². The summed E-state index contributed by atoms with van der Waals surface area (Å²) in [5.41, 5.74) is 1.31. The van der Waals surface area contributed by atoms with Crippen LogP contribution in [-0.4, -0.2) is 20.6 Å². The first-order valence-electron chi connectivity index (χ1n) is 4.86. The Kier molecular flexibility index (Phi) is 2.93. The van der Waals surface area contributed by atoms with Gasteiger partial charge in [-0.25, -0.2) is 4.31 Å². The first kappa shape index (κ1) is 9.80. The SMILES string of the molecule is C/C=C(\C)SN1CCn2nccc2C1. The van der Waals surface area contributed by atoms with Crippen molar-refractivity contribution in [3.8, 4) is 0 Å². The van der Waals surface area contributed by atoms with E-state index < -0.39 is 0 Å². The Hall–Kier alpha value is -0.740. The molecule has 0 aliphatic carbocycles. The monoisotopic (exact) mass is 209 g/mol. The summed E-state index contributed by atoms with van der Waals surface area (Å²) < 4.78 is 4.47. The van der Waals surface area contributed by atoms with Crippen LogP contribution >= 0.6 is 11.9 Å². The largest absolute Gasteiger partial charge is 0.267 e. The van der Waals surface area contributed by atoms with E-state index in [9.17, 15) is 0 Å². The van der Waals surface area contributed by atoms with E-state index >= 15 is 0 Å². The summed E-state index contributed by atoms with van der Waals surface area (Å²) in [6, 6.07) is 2.09. The number of aromatic nitrogens is 2. The van der Waals surface area contributed by atoms with Gasteiger partial charge >= 0.3 is 0 Å². The molecular weight excluding hydrogens is 194 g/mol. The molecule has 0 saturated heterocycles. The van der Waals surface area contributed by atoms with Crippen LogP contribution in [0.5, 0.6) is 0 Å². The molecule has 0 aromatic carbocycles. The highest BCUT2D eigenvalue weighted by Crippen LogP contribution is 2.24. The number of rotatable bonds is 2. The average Bonchev–Trinajstić information content (AvgIpc) is 2.64. The van der Waals surface area contributed by atoms with Crippen LogP contribution in [0.2, 0.25) is 0 Å². The first-order valence-corrected chi connectivity index (χ1v) is 5.63. The third-order valence-corrected chi connectivity index (χ3v) is 3.48. The summed E-state index contributed by atoms with van der Waals surface area (Å²) in [6.07, 6.45) is 4.03. The molecule has 76 valence electrons. The smallest absolute Gasteiger partial charge is 0.0549 e. The molecule has 2 heterocycles. The van der Waals surface area contributed by atoms with Crippen molar-refractivity contribution < 1.29 is 0 Å². The van der Waals surface area contributed by atoms with Gasteiger partial charge in [0.1, 0.15) is 0 Å². The zero-order valence-corrected chi connectivity index (χ0v) is 9.42. The molecular formula is C10H15N3S. The van der Waals surface area contributed by atoms with Gasteiger partial charge in [0.2, 0.25) is 0 Å². The van der Waals surface area contributed by atoms with Crippen LogP contribution in [-0.2, 0) is 13.1 Å². The highest BCUT2D eigenvalue weighted by atomic mass is 32.2. The topological polar surface area (TPSA) is 21.1 Å². The third kappa shape index (κ3) is 2.01. The van der Waals surface area contributed by atoms with Crippen molar-refractivity contribution in [3.63, 3.8) is 0 Å². The van der Waals surface area contributed by atoms with E-state index in [2.05, 4.69) is 40.1 Å². The lowest BCUT2D eigenvalue weighted by Crippen LogP contribution is -2.28. The van der Waals surface area contributed by atoms with Crippen molar-refractivity contribution in [1.29, 1.82) is 0 Å². The van der Waals surface area contributed by atoms with Crippen molar-refractivity contribution >= 4 is 11.9 Å². The fraction of sp³-hybridized carbons (Fsp3) is 0.500. The van der Waals surface area contributed by atoms with Gasteiger partial charge in [0.05, 0.1) is 18.8 Å². The van der Waals surface area contributed by atoms with Gasteiger partial charge in [0.15, 0.2) is 0 Å². The summed E-state index contributed by atoms with van der Waals surface area (Å²) in [6.45, 7) is 7.31. The van der Waals surface area contributed by atoms with E-state index in [0.29, 0.717) is 0 Å². The molecule has 0 bridgehead atoms. The van der Waals surface area contributed by atoms with Crippen molar-refractivity contribution in [3.05, 3.63) is 28.9 Å². The quantitative estimate of drug-likeness (QED) is 0.697. The number of allylic oxidation sites excluding steroid dienone is 2. The molecule has 1 aliphatic heterocycles. The molecule has 0 amide bonds. The van der Waals surface area contributed by atoms with E-state index in [0.717, 1.165) is 19.6 Å². The van der Waals surface area contributed by atoms with Gasteiger partial charge in [-0.3, -0.25) is 4.68 Å². The minimum absolute atomic E-state index is 0.996. The number of fused-ring (bicyclic) bond motifs is 1. The number of hydrogen-bond acceptors (Lipinski definition) is 3. The van der Waals surface area contributed by atoms with Crippen molar-refractivity contribution in [1.82, 2.24) is 14.1 Å². The Labute approximate surface area is 88.9 Å². The van der Waals surface area contributed by atoms with Crippen LogP contribution < -0.4 is 0 Å². The molecule has 1 aliphatic rings. The zero-order valence-electron chi connectivity index (χ0n) is 8.60. The maximum Gasteiger partial charge on any atom is 0.0549 e. The standard InChI is InChI=1S/C10H15N3S/c1-3-9(2)14-12-6-7-13-10(8-12)4-5-11-13/h3-5H,6-8H2,1-2H3/b9-3+. The fourth-order valence-electron chi connectivity index (χ4n) is 1.50. The minimum atomic E-state index is 0.996. The highest BCUT2D eigenvalue weighted by molar-refractivity contribution is 8.00. The van der Waals surface area contributed by atoms with Crippen LogP contribution in [0.1, 0.15) is 19.5 Å². The maximum absolute atomic E-state index is 4.26. The van der Waals surface area contributed by atoms with Gasteiger partial charge in [-0.1, -0.05) is 6.08 Å². The second kappa shape index (κ2) is 4.19. The minimum Gasteiger partial charge on any atom is -0.267 e. The molecule has 1 aromatic heterocycles. The van der Waals surface area contributed by atoms with Gasteiger partial charge in [0.25, 0.3) is 0 Å².